The number of carbonyl (C=O) groups is 1. The molecule has 0 saturated heterocycles. The van der Waals surface area contributed by atoms with E-state index in [1.165, 1.54) is 11.1 Å². The molecule has 1 aromatic heterocycles. The van der Waals surface area contributed by atoms with Crippen LogP contribution in [0.2, 0.25) is 0 Å². The fraction of sp³-hybridized carbons (Fsp3) is 0.179. The lowest BCUT2D eigenvalue weighted by Crippen LogP contribution is -2.18. The highest BCUT2D eigenvalue weighted by atomic mass is 16.5. The number of H-pyrrole nitrogens is 1. The van der Waals surface area contributed by atoms with E-state index in [1.807, 2.05) is 36.4 Å². The summed E-state index contributed by atoms with van der Waals surface area (Å²) in [6.45, 7) is 6.87. The number of carbonyl (C=O) groups excluding carboxylic acids is 1. The van der Waals surface area contributed by atoms with Crippen molar-refractivity contribution in [2.75, 3.05) is 0 Å². The Morgan fingerprint density at radius 3 is 2.41 bits per heavy atom. The van der Waals surface area contributed by atoms with Crippen LogP contribution < -0.4 is 10.2 Å². The number of hydrazone groups is 1. The molecule has 3 aromatic carbocycles. The van der Waals surface area contributed by atoms with E-state index in [0.717, 1.165) is 22.4 Å². The molecule has 1 amide bonds. The first-order valence-corrected chi connectivity index (χ1v) is 11.3. The second kappa shape index (κ2) is 10.6. The molecule has 0 unspecified atom stereocenters. The summed E-state index contributed by atoms with van der Waals surface area (Å²) in [7, 11) is 0. The van der Waals surface area contributed by atoms with Gasteiger partial charge in [-0.25, -0.2) is 5.43 Å². The Hall–Kier alpha value is -4.19. The Morgan fingerprint density at radius 2 is 1.74 bits per heavy atom. The summed E-state index contributed by atoms with van der Waals surface area (Å²) in [5.74, 6) is 0.892. The first kappa shape index (κ1) is 23.0. The molecule has 0 aliphatic heterocycles. The van der Waals surface area contributed by atoms with E-state index in [2.05, 4.69) is 77.9 Å². The fourth-order valence-corrected chi connectivity index (χ4v) is 3.35. The van der Waals surface area contributed by atoms with Gasteiger partial charge >= 0.3 is 0 Å². The van der Waals surface area contributed by atoms with Crippen LogP contribution in [0.15, 0.2) is 84.0 Å². The maximum atomic E-state index is 12.4. The summed E-state index contributed by atoms with van der Waals surface area (Å²) in [5.41, 5.74) is 8.94. The summed E-state index contributed by atoms with van der Waals surface area (Å²) in [6, 6.07) is 25.7. The predicted octanol–water partition coefficient (Wildman–Crippen LogP) is 5.85. The van der Waals surface area contributed by atoms with Crippen LogP contribution in [0, 0.1) is 6.92 Å². The van der Waals surface area contributed by atoms with Crippen molar-refractivity contribution in [1.82, 2.24) is 15.6 Å². The van der Waals surface area contributed by atoms with E-state index in [1.54, 1.807) is 12.3 Å². The van der Waals surface area contributed by atoms with Gasteiger partial charge in [-0.3, -0.25) is 9.89 Å². The molecule has 0 atom stereocenters. The molecule has 0 bridgehead atoms. The van der Waals surface area contributed by atoms with E-state index in [4.69, 9.17) is 4.74 Å². The highest BCUT2D eigenvalue weighted by Crippen LogP contribution is 2.22. The van der Waals surface area contributed by atoms with Gasteiger partial charge in [-0.2, -0.15) is 10.2 Å². The van der Waals surface area contributed by atoms with Crippen LogP contribution in [0.3, 0.4) is 0 Å². The van der Waals surface area contributed by atoms with Gasteiger partial charge in [0.2, 0.25) is 0 Å². The third-order valence-electron chi connectivity index (χ3n) is 5.48. The zero-order valence-electron chi connectivity index (χ0n) is 19.6. The first-order valence-electron chi connectivity index (χ1n) is 11.3. The lowest BCUT2D eigenvalue weighted by molar-refractivity contribution is 0.0950. The van der Waals surface area contributed by atoms with Crippen molar-refractivity contribution in [3.8, 4) is 17.0 Å². The number of hydrogen-bond donors (Lipinski definition) is 2. The molecule has 172 valence electrons. The van der Waals surface area contributed by atoms with Gasteiger partial charge in [-0.1, -0.05) is 67.9 Å². The highest BCUT2D eigenvalue weighted by molar-refractivity contribution is 5.94. The number of amides is 1. The number of hydrogen-bond acceptors (Lipinski definition) is 4. The van der Waals surface area contributed by atoms with Crippen LogP contribution in [0.1, 0.15) is 52.5 Å². The summed E-state index contributed by atoms with van der Waals surface area (Å²) >= 11 is 0. The number of benzene rings is 3. The average molecular weight is 453 g/mol. The molecule has 0 radical (unpaired) electrons. The normalized spacial score (nSPS) is 11.2. The lowest BCUT2D eigenvalue weighted by Gasteiger charge is -2.07. The summed E-state index contributed by atoms with van der Waals surface area (Å²) in [6.07, 6.45) is 1.62. The number of aryl methyl sites for hydroxylation is 1. The second-order valence-electron chi connectivity index (χ2n) is 8.49. The minimum atomic E-state index is -0.355. The van der Waals surface area contributed by atoms with Gasteiger partial charge in [0, 0.05) is 5.56 Å². The SMILES string of the molecule is Cc1ccc(COc2ccc(-c3cc(C(=O)NN=Cc4ccc(C(C)C)cc4)[nH]n3)cc2)cc1. The summed E-state index contributed by atoms with van der Waals surface area (Å²) < 4.78 is 5.86. The van der Waals surface area contributed by atoms with Gasteiger partial charge in [0.05, 0.1) is 11.9 Å². The number of nitrogens with one attached hydrogen (secondary N) is 2. The van der Waals surface area contributed by atoms with Gasteiger partial charge < -0.3 is 4.74 Å². The fourth-order valence-electron chi connectivity index (χ4n) is 3.35. The molecule has 0 aliphatic rings. The van der Waals surface area contributed by atoms with Gasteiger partial charge in [-0.15, -0.1) is 0 Å². The van der Waals surface area contributed by atoms with Crippen LogP contribution in [-0.2, 0) is 6.61 Å². The molecule has 0 saturated carbocycles. The van der Waals surface area contributed by atoms with Crippen LogP contribution in [0.5, 0.6) is 5.75 Å². The van der Waals surface area contributed by atoms with Crippen LogP contribution in [-0.4, -0.2) is 22.3 Å². The van der Waals surface area contributed by atoms with E-state index in [9.17, 15) is 4.79 Å². The topological polar surface area (TPSA) is 79.4 Å². The highest BCUT2D eigenvalue weighted by Gasteiger charge is 2.10. The van der Waals surface area contributed by atoms with Crippen molar-refractivity contribution >= 4 is 12.1 Å². The van der Waals surface area contributed by atoms with Crippen molar-refractivity contribution in [3.63, 3.8) is 0 Å². The molecule has 34 heavy (non-hydrogen) atoms. The van der Waals surface area contributed by atoms with Gasteiger partial charge in [0.15, 0.2) is 0 Å². The minimum absolute atomic E-state index is 0.335. The molecule has 6 heteroatoms. The van der Waals surface area contributed by atoms with Crippen molar-refractivity contribution in [2.24, 2.45) is 5.10 Å². The third kappa shape index (κ3) is 5.98. The van der Waals surface area contributed by atoms with Crippen LogP contribution >= 0.6 is 0 Å². The van der Waals surface area contributed by atoms with Gasteiger partial charge in [0.1, 0.15) is 18.1 Å². The number of ether oxygens (including phenoxy) is 1. The minimum Gasteiger partial charge on any atom is -0.489 e. The van der Waals surface area contributed by atoms with Crippen molar-refractivity contribution < 1.29 is 9.53 Å². The van der Waals surface area contributed by atoms with E-state index in [-0.39, 0.29) is 5.91 Å². The number of aromatic nitrogens is 2. The van der Waals surface area contributed by atoms with Crippen molar-refractivity contribution in [3.05, 3.63) is 107 Å². The predicted molar refractivity (Wildman–Crippen MR) is 135 cm³/mol. The molecular formula is C28H28N4O2. The largest absolute Gasteiger partial charge is 0.489 e. The van der Waals surface area contributed by atoms with Crippen molar-refractivity contribution in [1.29, 1.82) is 0 Å². The molecule has 4 aromatic rings. The zero-order valence-corrected chi connectivity index (χ0v) is 19.6. The Morgan fingerprint density at radius 1 is 1.03 bits per heavy atom. The first-order chi connectivity index (χ1) is 16.5. The van der Waals surface area contributed by atoms with E-state index < -0.39 is 0 Å². The standard InChI is InChI=1S/C28H28N4O2/c1-19(2)23-10-8-21(9-11-23)17-29-32-28(33)27-16-26(30-31-27)24-12-14-25(15-13-24)34-18-22-6-4-20(3)5-7-22/h4-17,19H,18H2,1-3H3,(H,30,31)(H,32,33). The molecule has 1 heterocycles. The molecule has 2 N–H and O–H groups in total. The number of aromatic amines is 1. The second-order valence-corrected chi connectivity index (χ2v) is 8.49. The van der Waals surface area contributed by atoms with Gasteiger partial charge in [0.25, 0.3) is 5.91 Å². The molecule has 4 rings (SSSR count). The quantitative estimate of drug-likeness (QED) is 0.260. The van der Waals surface area contributed by atoms with E-state index >= 15 is 0 Å². The molecular weight excluding hydrogens is 424 g/mol. The Bertz CT molecular complexity index is 1260. The zero-order chi connectivity index (χ0) is 23.9. The summed E-state index contributed by atoms with van der Waals surface area (Å²) in [4.78, 5) is 12.4. The maximum Gasteiger partial charge on any atom is 0.289 e. The molecule has 0 aliphatic carbocycles. The van der Waals surface area contributed by atoms with E-state index in [0.29, 0.717) is 23.9 Å². The third-order valence-corrected chi connectivity index (χ3v) is 5.48. The Balaban J connectivity index is 1.32. The Kier molecular flexibility index (Phi) is 7.18. The monoisotopic (exact) mass is 452 g/mol. The smallest absolute Gasteiger partial charge is 0.289 e. The van der Waals surface area contributed by atoms with Crippen LogP contribution in [0.4, 0.5) is 0 Å². The lowest BCUT2D eigenvalue weighted by atomic mass is 10.0. The average Bonchev–Trinajstić information content (AvgIpc) is 3.35. The Labute approximate surface area is 199 Å². The molecule has 0 fully saturated rings. The maximum absolute atomic E-state index is 12.4. The molecule has 0 spiro atoms. The van der Waals surface area contributed by atoms with Crippen molar-refractivity contribution in [2.45, 2.75) is 33.3 Å². The van der Waals surface area contributed by atoms with Gasteiger partial charge in [-0.05, 0) is 59.9 Å². The van der Waals surface area contributed by atoms with Crippen LogP contribution in [0.25, 0.3) is 11.3 Å². The number of rotatable bonds is 8. The molecule has 6 nitrogen and oxygen atoms in total. The number of nitrogens with zero attached hydrogens (tertiary/aromatic N) is 2. The summed E-state index contributed by atoms with van der Waals surface area (Å²) in [5, 5.41) is 11.1.